The Kier molecular flexibility index (Phi) is 4.04. The lowest BCUT2D eigenvalue weighted by atomic mass is 10.1. The molecule has 1 unspecified atom stereocenters. The van der Waals surface area contributed by atoms with Gasteiger partial charge in [0.1, 0.15) is 5.82 Å². The number of rotatable bonds is 3. The van der Waals surface area contributed by atoms with Crippen LogP contribution in [0.5, 0.6) is 0 Å². The maximum absolute atomic E-state index is 13.2. The van der Waals surface area contributed by atoms with Gasteiger partial charge in [-0.2, -0.15) is 0 Å². The zero-order valence-electron chi connectivity index (χ0n) is 11.3. The topological polar surface area (TPSA) is 43.8 Å². The van der Waals surface area contributed by atoms with Gasteiger partial charge in [0.25, 0.3) is 0 Å². The zero-order chi connectivity index (χ0) is 14.0. The third-order valence-corrected chi connectivity index (χ3v) is 3.78. The summed E-state index contributed by atoms with van der Waals surface area (Å²) in [6.07, 6.45) is 1.01. The van der Waals surface area contributed by atoms with E-state index in [4.69, 9.17) is 0 Å². The number of carboxylic acid groups (broad SMARTS) is 1. The van der Waals surface area contributed by atoms with Gasteiger partial charge in [-0.15, -0.1) is 0 Å². The average Bonchev–Trinajstić information content (AvgIpc) is 2.39. The molecule has 1 fully saturated rings. The minimum absolute atomic E-state index is 0.0411. The van der Waals surface area contributed by atoms with Crippen LogP contribution in [0.4, 0.5) is 10.1 Å². The van der Waals surface area contributed by atoms with Gasteiger partial charge in [0.2, 0.25) is 0 Å². The maximum atomic E-state index is 13.2. The molecule has 1 saturated heterocycles. The molecule has 1 aliphatic rings. The maximum Gasteiger partial charge on any atom is 0.337 e. The molecule has 1 N–H and O–H groups in total. The van der Waals surface area contributed by atoms with Crippen LogP contribution >= 0.6 is 0 Å². The molecule has 0 bridgehead atoms. The lowest BCUT2D eigenvalue weighted by Gasteiger charge is -2.40. The highest BCUT2D eigenvalue weighted by molar-refractivity contribution is 5.94. The van der Waals surface area contributed by atoms with Crippen molar-refractivity contribution in [1.82, 2.24) is 4.90 Å². The minimum Gasteiger partial charge on any atom is -0.478 e. The third kappa shape index (κ3) is 2.87. The van der Waals surface area contributed by atoms with Crippen molar-refractivity contribution in [3.63, 3.8) is 0 Å². The van der Waals surface area contributed by atoms with Crippen LogP contribution in [-0.4, -0.2) is 48.7 Å². The first-order chi connectivity index (χ1) is 9.02. The van der Waals surface area contributed by atoms with E-state index in [0.717, 1.165) is 32.1 Å². The molecular formula is C14H19FN2O2. The second-order valence-corrected chi connectivity index (χ2v) is 4.96. The van der Waals surface area contributed by atoms with Gasteiger partial charge in [0, 0.05) is 25.7 Å². The fourth-order valence-electron chi connectivity index (χ4n) is 2.56. The predicted octanol–water partition coefficient (Wildman–Crippen LogP) is 2.05. The molecule has 1 aromatic rings. The number of aromatic carboxylic acids is 1. The van der Waals surface area contributed by atoms with Crippen molar-refractivity contribution in [2.75, 3.05) is 31.6 Å². The average molecular weight is 266 g/mol. The van der Waals surface area contributed by atoms with E-state index in [9.17, 15) is 14.3 Å². The summed E-state index contributed by atoms with van der Waals surface area (Å²) in [5.41, 5.74) is 0.653. The number of carboxylic acids is 1. The van der Waals surface area contributed by atoms with Crippen molar-refractivity contribution in [1.29, 1.82) is 0 Å². The minimum atomic E-state index is -1.08. The molecule has 0 spiro atoms. The highest BCUT2D eigenvalue weighted by Crippen LogP contribution is 2.25. The van der Waals surface area contributed by atoms with Gasteiger partial charge in [-0.05, 0) is 31.7 Å². The Bertz CT molecular complexity index is 479. The summed E-state index contributed by atoms with van der Waals surface area (Å²) in [7, 11) is 2.08. The molecular weight excluding hydrogens is 247 g/mol. The fourth-order valence-corrected chi connectivity index (χ4v) is 2.56. The van der Waals surface area contributed by atoms with Crippen LogP contribution in [-0.2, 0) is 0 Å². The molecule has 1 aliphatic heterocycles. The molecule has 0 aromatic heterocycles. The first-order valence-electron chi connectivity index (χ1n) is 6.51. The van der Waals surface area contributed by atoms with Crippen molar-refractivity contribution >= 4 is 11.7 Å². The van der Waals surface area contributed by atoms with Crippen LogP contribution < -0.4 is 4.90 Å². The lowest BCUT2D eigenvalue weighted by molar-refractivity contribution is 0.0696. The van der Waals surface area contributed by atoms with Crippen LogP contribution in [0.25, 0.3) is 0 Å². The smallest absolute Gasteiger partial charge is 0.337 e. The van der Waals surface area contributed by atoms with E-state index in [1.165, 1.54) is 6.07 Å². The van der Waals surface area contributed by atoms with E-state index in [1.54, 1.807) is 6.07 Å². The van der Waals surface area contributed by atoms with Gasteiger partial charge in [-0.25, -0.2) is 9.18 Å². The SMILES string of the molecule is CCC1CN(c2ccc(F)cc2C(=O)O)CCN1C. The Morgan fingerprint density at radius 2 is 2.21 bits per heavy atom. The predicted molar refractivity (Wildman–Crippen MR) is 72.3 cm³/mol. The lowest BCUT2D eigenvalue weighted by Crippen LogP contribution is -2.51. The van der Waals surface area contributed by atoms with E-state index in [2.05, 4.69) is 18.9 Å². The molecule has 104 valence electrons. The Hall–Kier alpha value is -1.62. The van der Waals surface area contributed by atoms with Crippen LogP contribution in [0.3, 0.4) is 0 Å². The molecule has 1 aromatic carbocycles. The second-order valence-electron chi connectivity index (χ2n) is 4.96. The first kappa shape index (κ1) is 13.8. The van der Waals surface area contributed by atoms with Crippen molar-refractivity contribution < 1.29 is 14.3 Å². The Morgan fingerprint density at radius 3 is 2.84 bits per heavy atom. The molecule has 0 amide bonds. The monoisotopic (exact) mass is 266 g/mol. The normalized spacial score (nSPS) is 20.6. The third-order valence-electron chi connectivity index (χ3n) is 3.78. The van der Waals surface area contributed by atoms with Crippen molar-refractivity contribution in [2.45, 2.75) is 19.4 Å². The second kappa shape index (κ2) is 5.57. The van der Waals surface area contributed by atoms with Crippen LogP contribution in [0.15, 0.2) is 18.2 Å². The highest BCUT2D eigenvalue weighted by Gasteiger charge is 2.25. The molecule has 0 saturated carbocycles. The quantitative estimate of drug-likeness (QED) is 0.909. The van der Waals surface area contributed by atoms with Crippen LogP contribution in [0, 0.1) is 5.82 Å². The number of halogens is 1. The van der Waals surface area contributed by atoms with Crippen molar-refractivity contribution in [3.8, 4) is 0 Å². The molecule has 4 nitrogen and oxygen atoms in total. The number of benzene rings is 1. The number of piperazine rings is 1. The first-order valence-corrected chi connectivity index (χ1v) is 6.51. The Morgan fingerprint density at radius 1 is 1.47 bits per heavy atom. The Labute approximate surface area is 112 Å². The van der Waals surface area contributed by atoms with Gasteiger partial charge >= 0.3 is 5.97 Å². The van der Waals surface area contributed by atoms with Gasteiger partial charge in [-0.1, -0.05) is 6.92 Å². The summed E-state index contributed by atoms with van der Waals surface area (Å²) >= 11 is 0. The standard InChI is InChI=1S/C14H19FN2O2/c1-3-11-9-17(7-6-16(11)2)13-5-4-10(15)8-12(13)14(18)19/h4-5,8,11H,3,6-7,9H2,1-2H3,(H,18,19). The van der Waals surface area contributed by atoms with E-state index < -0.39 is 11.8 Å². The van der Waals surface area contributed by atoms with E-state index in [0.29, 0.717) is 11.7 Å². The van der Waals surface area contributed by atoms with Gasteiger partial charge in [0.05, 0.1) is 11.3 Å². The van der Waals surface area contributed by atoms with Crippen LogP contribution in [0.2, 0.25) is 0 Å². The molecule has 1 atom stereocenters. The van der Waals surface area contributed by atoms with Crippen LogP contribution in [0.1, 0.15) is 23.7 Å². The van der Waals surface area contributed by atoms with E-state index in [1.807, 2.05) is 4.90 Å². The van der Waals surface area contributed by atoms with E-state index in [-0.39, 0.29) is 5.56 Å². The highest BCUT2D eigenvalue weighted by atomic mass is 19.1. The summed E-state index contributed by atoms with van der Waals surface area (Å²) in [6, 6.07) is 4.38. The van der Waals surface area contributed by atoms with Crippen molar-refractivity contribution in [2.24, 2.45) is 0 Å². The Balaban J connectivity index is 2.29. The fraction of sp³-hybridized carbons (Fsp3) is 0.500. The number of hydrogen-bond acceptors (Lipinski definition) is 3. The summed E-state index contributed by atoms with van der Waals surface area (Å²) in [5.74, 6) is -1.59. The largest absolute Gasteiger partial charge is 0.478 e. The molecule has 0 radical (unpaired) electrons. The molecule has 5 heteroatoms. The number of hydrogen-bond donors (Lipinski definition) is 1. The molecule has 19 heavy (non-hydrogen) atoms. The molecule has 0 aliphatic carbocycles. The summed E-state index contributed by atoms with van der Waals surface area (Å²) < 4.78 is 13.2. The summed E-state index contributed by atoms with van der Waals surface area (Å²) in [4.78, 5) is 15.5. The summed E-state index contributed by atoms with van der Waals surface area (Å²) in [6.45, 7) is 4.54. The van der Waals surface area contributed by atoms with Gasteiger partial charge in [0.15, 0.2) is 0 Å². The zero-order valence-corrected chi connectivity index (χ0v) is 11.3. The summed E-state index contributed by atoms with van der Waals surface area (Å²) in [5, 5.41) is 9.19. The number of anilines is 1. The number of carbonyl (C=O) groups is 1. The molecule has 1 heterocycles. The van der Waals surface area contributed by atoms with E-state index >= 15 is 0 Å². The van der Waals surface area contributed by atoms with Gasteiger partial charge in [-0.3, -0.25) is 4.90 Å². The van der Waals surface area contributed by atoms with Gasteiger partial charge < -0.3 is 10.0 Å². The molecule has 2 rings (SSSR count). The van der Waals surface area contributed by atoms with Crippen molar-refractivity contribution in [3.05, 3.63) is 29.6 Å². The number of likely N-dealkylation sites (N-methyl/N-ethyl adjacent to an activating group) is 1. The number of nitrogens with zero attached hydrogens (tertiary/aromatic N) is 2.